The maximum atomic E-state index is 13.0. The maximum absolute atomic E-state index is 13.0. The number of carbonyl (C=O) groups is 2. The number of nitriles is 2. The number of thioether (sulfide) groups is 4. The molecule has 2 aliphatic heterocycles. The monoisotopic (exact) mass is 704 g/mol. The van der Waals surface area contributed by atoms with Gasteiger partial charge in [0.25, 0.3) is 0 Å². The van der Waals surface area contributed by atoms with Crippen molar-refractivity contribution in [1.29, 1.82) is 10.5 Å². The lowest BCUT2D eigenvalue weighted by Crippen LogP contribution is -2.09. The zero-order valence-electron chi connectivity index (χ0n) is 27.3. The molecule has 2 heterocycles. The Kier molecular flexibility index (Phi) is 17.2. The fraction of sp³-hybridized carbons (Fsp3) is 0.588. The van der Waals surface area contributed by atoms with Gasteiger partial charge in [-0.3, -0.25) is 0 Å². The van der Waals surface area contributed by atoms with Gasteiger partial charge in [-0.2, -0.15) is 10.5 Å². The van der Waals surface area contributed by atoms with Crippen LogP contribution >= 0.6 is 47.0 Å². The van der Waals surface area contributed by atoms with E-state index in [2.05, 4.69) is 26.0 Å². The predicted octanol–water partition coefficient (Wildman–Crippen LogP) is 10.2. The van der Waals surface area contributed by atoms with Gasteiger partial charge in [-0.05, 0) is 26.7 Å². The average molecular weight is 705 g/mol. The number of benzene rings is 1. The van der Waals surface area contributed by atoms with Crippen LogP contribution < -0.4 is 9.47 Å². The van der Waals surface area contributed by atoms with Crippen molar-refractivity contribution < 1.29 is 28.5 Å². The van der Waals surface area contributed by atoms with Crippen LogP contribution in [-0.4, -0.2) is 38.4 Å². The van der Waals surface area contributed by atoms with E-state index in [0.29, 0.717) is 33.2 Å². The van der Waals surface area contributed by atoms with Gasteiger partial charge in [-0.25, -0.2) is 9.59 Å². The number of hydrogen-bond donors (Lipinski definition) is 0. The van der Waals surface area contributed by atoms with E-state index in [1.807, 2.05) is 13.8 Å². The van der Waals surface area contributed by atoms with Crippen molar-refractivity contribution in [3.05, 3.63) is 19.6 Å². The van der Waals surface area contributed by atoms with E-state index in [-0.39, 0.29) is 24.4 Å². The number of hydrogen-bond acceptors (Lipinski definition) is 12. The van der Waals surface area contributed by atoms with Crippen molar-refractivity contribution in [3.63, 3.8) is 0 Å². The molecular formula is C34H44N2O6S4. The number of nitrogens with zero attached hydrogens (tertiary/aromatic N) is 2. The number of ether oxygens (including phenoxy) is 4. The van der Waals surface area contributed by atoms with Crippen LogP contribution in [0.15, 0.2) is 39.2 Å². The summed E-state index contributed by atoms with van der Waals surface area (Å²) in [7, 11) is 0. The number of unbranched alkanes of at least 4 members (excludes halogenated alkanes) is 10. The normalized spacial score (nSPS) is 13.0. The second kappa shape index (κ2) is 20.8. The quantitative estimate of drug-likeness (QED) is 0.0556. The summed E-state index contributed by atoms with van der Waals surface area (Å²) < 4.78 is 24.3. The summed E-state index contributed by atoms with van der Waals surface area (Å²) >= 11 is 5.13. The molecule has 0 bridgehead atoms. The first kappa shape index (κ1) is 38.1. The molecule has 0 aromatic heterocycles. The molecular weight excluding hydrogens is 661 g/mol. The fourth-order valence-electron chi connectivity index (χ4n) is 4.75. The molecule has 8 nitrogen and oxygen atoms in total. The Morgan fingerprint density at radius 3 is 1.17 bits per heavy atom. The maximum Gasteiger partial charge on any atom is 0.350 e. The first-order valence-corrected chi connectivity index (χ1v) is 19.6. The standard InChI is InChI=1S/C34H44N2O6S4/c1-5-9-11-13-15-17-19-41-31(37)23(21-35)33-43-27-25(39-7-3)29-30(26(40-8-4)28(27)44-33)46-34(45-29)24(22-36)32(38)42-20-18-16-14-12-10-6-2/h5-20H2,1-4H3. The van der Waals surface area contributed by atoms with Crippen molar-refractivity contribution in [1.82, 2.24) is 0 Å². The smallest absolute Gasteiger partial charge is 0.350 e. The largest absolute Gasteiger partial charge is 0.491 e. The first-order chi connectivity index (χ1) is 22.4. The number of esters is 2. The SMILES string of the molecule is CCCCCCCCOC(=O)C(C#N)=C1Sc2c(OCC)c3c(c(OCC)c2S1)SC(=C(C#N)C(=O)OCCCCCCCC)S3. The van der Waals surface area contributed by atoms with Crippen molar-refractivity contribution in [3.8, 4) is 23.6 Å². The molecule has 12 heteroatoms. The van der Waals surface area contributed by atoms with Gasteiger partial charge >= 0.3 is 11.9 Å². The predicted molar refractivity (Wildman–Crippen MR) is 186 cm³/mol. The minimum Gasteiger partial charge on any atom is -0.491 e. The highest BCUT2D eigenvalue weighted by molar-refractivity contribution is 8.26. The van der Waals surface area contributed by atoms with E-state index in [9.17, 15) is 20.1 Å². The molecule has 250 valence electrons. The molecule has 0 saturated heterocycles. The van der Waals surface area contributed by atoms with Crippen LogP contribution in [0.1, 0.15) is 105 Å². The highest BCUT2D eigenvalue weighted by Gasteiger charge is 2.39. The van der Waals surface area contributed by atoms with Gasteiger partial charge in [0.05, 0.1) is 54.5 Å². The summed E-state index contributed by atoms with van der Waals surface area (Å²) in [6.45, 7) is 9.40. The van der Waals surface area contributed by atoms with Crippen LogP contribution in [0, 0.1) is 22.7 Å². The van der Waals surface area contributed by atoms with Gasteiger partial charge in [0.15, 0.2) is 11.1 Å². The second-order valence-corrected chi connectivity index (χ2v) is 15.2. The van der Waals surface area contributed by atoms with Crippen LogP contribution in [0.3, 0.4) is 0 Å². The van der Waals surface area contributed by atoms with E-state index in [1.54, 1.807) is 0 Å². The Bertz CT molecular complexity index is 1230. The van der Waals surface area contributed by atoms with Gasteiger partial charge in [0.1, 0.15) is 23.6 Å². The van der Waals surface area contributed by atoms with E-state index in [1.165, 1.54) is 85.6 Å². The molecule has 1 aromatic carbocycles. The van der Waals surface area contributed by atoms with Crippen LogP contribution in [0.25, 0.3) is 0 Å². The van der Waals surface area contributed by atoms with Gasteiger partial charge in [0, 0.05) is 0 Å². The lowest BCUT2D eigenvalue weighted by Gasteiger charge is -2.16. The number of rotatable bonds is 20. The molecule has 1 aromatic rings. The van der Waals surface area contributed by atoms with Crippen LogP contribution in [0.5, 0.6) is 11.5 Å². The van der Waals surface area contributed by atoms with E-state index >= 15 is 0 Å². The summed E-state index contributed by atoms with van der Waals surface area (Å²) in [5.74, 6) is -0.110. The van der Waals surface area contributed by atoms with Gasteiger partial charge in [0.2, 0.25) is 0 Å². The Morgan fingerprint density at radius 1 is 0.543 bits per heavy atom. The van der Waals surface area contributed by atoms with Crippen LogP contribution in [-0.2, 0) is 19.1 Å². The zero-order valence-corrected chi connectivity index (χ0v) is 30.6. The van der Waals surface area contributed by atoms with E-state index in [0.717, 1.165) is 58.1 Å². The van der Waals surface area contributed by atoms with E-state index in [4.69, 9.17) is 18.9 Å². The fourth-order valence-corrected chi connectivity index (χ4v) is 10.1. The van der Waals surface area contributed by atoms with Crippen molar-refractivity contribution in [2.75, 3.05) is 26.4 Å². The van der Waals surface area contributed by atoms with Gasteiger partial charge in [-0.1, -0.05) is 125 Å². The van der Waals surface area contributed by atoms with Gasteiger partial charge < -0.3 is 18.9 Å². The average Bonchev–Trinajstić information content (AvgIpc) is 3.68. The third kappa shape index (κ3) is 10.3. The Morgan fingerprint density at radius 2 is 0.870 bits per heavy atom. The summed E-state index contributed by atoms with van der Waals surface area (Å²) in [6, 6.07) is 4.12. The molecule has 0 N–H and O–H groups in total. The van der Waals surface area contributed by atoms with Gasteiger partial charge in [-0.15, -0.1) is 0 Å². The molecule has 0 spiro atoms. The van der Waals surface area contributed by atoms with Crippen LogP contribution in [0.4, 0.5) is 0 Å². The topological polar surface area (TPSA) is 119 Å². The molecule has 0 aliphatic carbocycles. The molecule has 0 atom stereocenters. The summed E-state index contributed by atoms with van der Waals surface area (Å²) in [5.41, 5.74) is -0.0778. The van der Waals surface area contributed by atoms with Crippen molar-refractivity contribution in [2.24, 2.45) is 0 Å². The highest BCUT2D eigenvalue weighted by Crippen LogP contribution is 2.68. The first-order valence-electron chi connectivity index (χ1n) is 16.3. The molecule has 2 aliphatic rings. The molecule has 46 heavy (non-hydrogen) atoms. The zero-order chi connectivity index (χ0) is 33.3. The molecule has 3 rings (SSSR count). The molecule has 0 radical (unpaired) electrons. The van der Waals surface area contributed by atoms with Crippen LogP contribution in [0.2, 0.25) is 0 Å². The number of carbonyl (C=O) groups excluding carboxylic acids is 2. The second-order valence-electron chi connectivity index (χ2n) is 10.6. The lowest BCUT2D eigenvalue weighted by molar-refractivity contribution is -0.139. The molecule has 0 saturated carbocycles. The Labute approximate surface area is 290 Å². The van der Waals surface area contributed by atoms with Crippen molar-refractivity contribution in [2.45, 2.75) is 124 Å². The highest BCUT2D eigenvalue weighted by atomic mass is 32.2. The van der Waals surface area contributed by atoms with E-state index < -0.39 is 11.9 Å². The molecule has 0 fully saturated rings. The Hall–Kier alpha value is -2.38. The van der Waals surface area contributed by atoms with Crippen molar-refractivity contribution >= 4 is 59.0 Å². The molecule has 0 amide bonds. The summed E-state index contributed by atoms with van der Waals surface area (Å²) in [4.78, 5) is 28.9. The number of fused-ring (bicyclic) bond motifs is 2. The summed E-state index contributed by atoms with van der Waals surface area (Å²) in [5, 5.41) is 19.9. The minimum absolute atomic E-state index is 0.0389. The minimum atomic E-state index is -0.630. The molecule has 0 unspecified atom stereocenters. The summed E-state index contributed by atoms with van der Waals surface area (Å²) in [6.07, 6.45) is 12.8. The third-order valence-electron chi connectivity index (χ3n) is 7.10. The third-order valence-corrected chi connectivity index (χ3v) is 12.3. The lowest BCUT2D eigenvalue weighted by atomic mass is 10.1. The Balaban J connectivity index is 1.82.